The Labute approximate surface area is 123 Å². The van der Waals surface area contributed by atoms with Crippen LogP contribution in [0.5, 0.6) is 0 Å². The highest BCUT2D eigenvalue weighted by Crippen LogP contribution is 2.25. The van der Waals surface area contributed by atoms with Gasteiger partial charge in [0.05, 0.1) is 13.2 Å². The summed E-state index contributed by atoms with van der Waals surface area (Å²) in [6.07, 6.45) is 1.75. The number of ether oxygens (including phenoxy) is 2. The fourth-order valence-electron chi connectivity index (χ4n) is 2.80. The molecule has 21 heavy (non-hydrogen) atoms. The van der Waals surface area contributed by atoms with Gasteiger partial charge in [0.25, 0.3) is 0 Å². The van der Waals surface area contributed by atoms with Gasteiger partial charge < -0.3 is 19.7 Å². The molecule has 0 radical (unpaired) electrons. The van der Waals surface area contributed by atoms with Crippen molar-refractivity contribution in [3.05, 3.63) is 30.1 Å². The summed E-state index contributed by atoms with van der Waals surface area (Å²) in [7, 11) is 0. The second kappa shape index (κ2) is 6.41. The molecule has 2 aliphatic rings. The standard InChI is InChI=1S/C15H19FN2O3/c16-12-3-5-13(6-4-12)17-15(19)18-7-1-2-11(10-18)14-20-8-9-21-14/h3-6,11,14H,1-2,7-10H2,(H,17,19)/t11-/m0/s1. The van der Waals surface area contributed by atoms with Gasteiger partial charge in [-0.3, -0.25) is 0 Å². The van der Waals surface area contributed by atoms with Gasteiger partial charge in [0.2, 0.25) is 0 Å². The minimum Gasteiger partial charge on any atom is -0.350 e. The van der Waals surface area contributed by atoms with Crippen molar-refractivity contribution < 1.29 is 18.7 Å². The Morgan fingerprint density at radius 1 is 1.24 bits per heavy atom. The number of nitrogens with zero attached hydrogens (tertiary/aromatic N) is 1. The maximum atomic E-state index is 12.9. The van der Waals surface area contributed by atoms with Gasteiger partial charge in [0.15, 0.2) is 6.29 Å². The second-order valence-corrected chi connectivity index (χ2v) is 5.40. The fourth-order valence-corrected chi connectivity index (χ4v) is 2.80. The molecule has 3 rings (SSSR count). The fraction of sp³-hybridized carbons (Fsp3) is 0.533. The predicted octanol–water partition coefficient (Wildman–Crippen LogP) is 2.44. The molecule has 2 amide bonds. The quantitative estimate of drug-likeness (QED) is 0.911. The average molecular weight is 294 g/mol. The third kappa shape index (κ3) is 3.51. The highest BCUT2D eigenvalue weighted by Gasteiger charge is 2.32. The molecule has 2 aliphatic heterocycles. The number of amides is 2. The van der Waals surface area contributed by atoms with Gasteiger partial charge in [-0.05, 0) is 37.1 Å². The molecule has 114 valence electrons. The number of anilines is 1. The Bertz CT molecular complexity index is 488. The van der Waals surface area contributed by atoms with Crippen molar-refractivity contribution in [1.82, 2.24) is 4.90 Å². The van der Waals surface area contributed by atoms with Gasteiger partial charge in [0.1, 0.15) is 5.82 Å². The van der Waals surface area contributed by atoms with Crippen LogP contribution in [0.4, 0.5) is 14.9 Å². The van der Waals surface area contributed by atoms with Gasteiger partial charge >= 0.3 is 6.03 Å². The van der Waals surface area contributed by atoms with E-state index in [-0.39, 0.29) is 24.1 Å². The summed E-state index contributed by atoms with van der Waals surface area (Å²) < 4.78 is 23.9. The number of piperidine rings is 1. The van der Waals surface area contributed by atoms with Crippen LogP contribution in [0.2, 0.25) is 0 Å². The van der Waals surface area contributed by atoms with Gasteiger partial charge in [-0.15, -0.1) is 0 Å². The predicted molar refractivity (Wildman–Crippen MR) is 75.4 cm³/mol. The van der Waals surface area contributed by atoms with E-state index in [0.717, 1.165) is 19.4 Å². The molecule has 0 spiro atoms. The largest absolute Gasteiger partial charge is 0.350 e. The molecular weight excluding hydrogens is 275 g/mol. The minimum atomic E-state index is -0.318. The second-order valence-electron chi connectivity index (χ2n) is 5.40. The first kappa shape index (κ1) is 14.3. The highest BCUT2D eigenvalue weighted by molar-refractivity contribution is 5.89. The van der Waals surface area contributed by atoms with Crippen LogP contribution in [0.25, 0.3) is 0 Å². The Hall–Kier alpha value is -1.66. The maximum absolute atomic E-state index is 12.9. The number of hydrogen-bond acceptors (Lipinski definition) is 3. The van der Waals surface area contributed by atoms with Gasteiger partial charge in [-0.25, -0.2) is 9.18 Å². The zero-order valence-electron chi connectivity index (χ0n) is 11.8. The Morgan fingerprint density at radius 2 is 1.95 bits per heavy atom. The molecular formula is C15H19FN2O3. The molecule has 1 N–H and O–H groups in total. The molecule has 0 saturated carbocycles. The van der Waals surface area contributed by atoms with E-state index >= 15 is 0 Å². The lowest BCUT2D eigenvalue weighted by molar-refractivity contribution is -0.0959. The molecule has 2 heterocycles. The number of nitrogens with one attached hydrogen (secondary N) is 1. The van der Waals surface area contributed by atoms with Crippen molar-refractivity contribution in [3.8, 4) is 0 Å². The minimum absolute atomic E-state index is 0.163. The van der Waals surface area contributed by atoms with E-state index in [9.17, 15) is 9.18 Å². The van der Waals surface area contributed by atoms with Crippen molar-refractivity contribution in [3.63, 3.8) is 0 Å². The molecule has 0 aromatic heterocycles. The monoisotopic (exact) mass is 294 g/mol. The topological polar surface area (TPSA) is 50.8 Å². The average Bonchev–Trinajstić information content (AvgIpc) is 3.04. The molecule has 0 aliphatic carbocycles. The van der Waals surface area contributed by atoms with E-state index in [0.29, 0.717) is 25.4 Å². The lowest BCUT2D eigenvalue weighted by Crippen LogP contribution is -2.45. The molecule has 5 nitrogen and oxygen atoms in total. The van der Waals surface area contributed by atoms with Gasteiger partial charge in [-0.2, -0.15) is 0 Å². The van der Waals surface area contributed by atoms with Crippen LogP contribution in [0, 0.1) is 11.7 Å². The number of carbonyl (C=O) groups excluding carboxylic acids is 1. The molecule has 6 heteroatoms. The van der Waals surface area contributed by atoms with Crippen molar-refractivity contribution in [2.75, 3.05) is 31.6 Å². The highest BCUT2D eigenvalue weighted by atomic mass is 19.1. The lowest BCUT2D eigenvalue weighted by Gasteiger charge is -2.34. The smallest absolute Gasteiger partial charge is 0.321 e. The van der Waals surface area contributed by atoms with Crippen molar-refractivity contribution >= 4 is 11.7 Å². The first-order valence-corrected chi connectivity index (χ1v) is 7.27. The third-order valence-electron chi connectivity index (χ3n) is 3.87. The summed E-state index contributed by atoms with van der Waals surface area (Å²) in [6, 6.07) is 5.60. The van der Waals surface area contributed by atoms with Crippen LogP contribution >= 0.6 is 0 Å². The van der Waals surface area contributed by atoms with Gasteiger partial charge in [0, 0.05) is 24.7 Å². The van der Waals surface area contributed by atoms with Crippen LogP contribution < -0.4 is 5.32 Å². The first-order chi connectivity index (χ1) is 10.2. The molecule has 0 unspecified atom stereocenters. The summed E-state index contributed by atoms with van der Waals surface area (Å²) >= 11 is 0. The molecule has 2 saturated heterocycles. The van der Waals surface area contributed by atoms with Crippen molar-refractivity contribution in [1.29, 1.82) is 0 Å². The number of halogens is 1. The summed E-state index contributed by atoms with van der Waals surface area (Å²) in [4.78, 5) is 14.0. The zero-order chi connectivity index (χ0) is 14.7. The number of rotatable bonds is 2. The van der Waals surface area contributed by atoms with Gasteiger partial charge in [-0.1, -0.05) is 0 Å². The number of benzene rings is 1. The van der Waals surface area contributed by atoms with E-state index in [2.05, 4.69) is 5.32 Å². The Morgan fingerprint density at radius 3 is 2.67 bits per heavy atom. The molecule has 1 atom stereocenters. The van der Waals surface area contributed by atoms with Crippen LogP contribution in [0.3, 0.4) is 0 Å². The SMILES string of the molecule is O=C(Nc1ccc(F)cc1)N1CCC[C@H](C2OCCO2)C1. The van der Waals surface area contributed by atoms with E-state index in [1.54, 1.807) is 17.0 Å². The normalized spacial score (nSPS) is 23.3. The lowest BCUT2D eigenvalue weighted by atomic mass is 9.98. The molecule has 2 fully saturated rings. The van der Waals surface area contributed by atoms with Crippen molar-refractivity contribution in [2.45, 2.75) is 19.1 Å². The first-order valence-electron chi connectivity index (χ1n) is 7.27. The number of likely N-dealkylation sites (tertiary alicyclic amines) is 1. The Balaban J connectivity index is 1.57. The molecule has 0 bridgehead atoms. The summed E-state index contributed by atoms with van der Waals surface area (Å²) in [5, 5.41) is 2.79. The van der Waals surface area contributed by atoms with Crippen LogP contribution in [-0.2, 0) is 9.47 Å². The third-order valence-corrected chi connectivity index (χ3v) is 3.87. The van der Waals surface area contributed by atoms with E-state index < -0.39 is 0 Å². The molecule has 1 aromatic carbocycles. The Kier molecular flexibility index (Phi) is 4.36. The van der Waals surface area contributed by atoms with E-state index in [1.165, 1.54) is 12.1 Å². The van der Waals surface area contributed by atoms with E-state index in [4.69, 9.17) is 9.47 Å². The summed E-state index contributed by atoms with van der Waals surface area (Å²) in [6.45, 7) is 2.60. The van der Waals surface area contributed by atoms with Crippen LogP contribution in [0.15, 0.2) is 24.3 Å². The summed E-state index contributed by atoms with van der Waals surface area (Å²) in [5.41, 5.74) is 0.594. The number of urea groups is 1. The zero-order valence-corrected chi connectivity index (χ0v) is 11.8. The van der Waals surface area contributed by atoms with E-state index in [1.807, 2.05) is 0 Å². The van der Waals surface area contributed by atoms with Crippen molar-refractivity contribution in [2.24, 2.45) is 5.92 Å². The molecule has 1 aromatic rings. The number of hydrogen-bond donors (Lipinski definition) is 1. The van der Waals surface area contributed by atoms with Crippen LogP contribution in [-0.4, -0.2) is 43.5 Å². The summed E-state index contributed by atoms with van der Waals surface area (Å²) in [5.74, 6) is -0.0956. The van der Waals surface area contributed by atoms with Crippen LogP contribution in [0.1, 0.15) is 12.8 Å². The number of carbonyl (C=O) groups is 1. The maximum Gasteiger partial charge on any atom is 0.321 e.